The third-order valence-electron chi connectivity index (χ3n) is 6.32. The van der Waals surface area contributed by atoms with Crippen LogP contribution in [-0.4, -0.2) is 30.8 Å². The van der Waals surface area contributed by atoms with Crippen molar-refractivity contribution in [2.75, 3.05) is 6.54 Å². The van der Waals surface area contributed by atoms with Gasteiger partial charge in [-0.2, -0.15) is 0 Å². The number of fused-ring (bicyclic) bond motifs is 1. The SMILES string of the molecule is Cc1c(CN2CCc3nc(-c4ccc(Cl)cc4)[nH]c(=O)c3C2)c(=O)n(-c2ccccc2)n1C. The van der Waals surface area contributed by atoms with E-state index in [9.17, 15) is 9.59 Å². The first kappa shape index (κ1) is 21.4. The molecule has 0 spiro atoms. The average molecular weight is 462 g/mol. The maximum atomic E-state index is 13.2. The highest BCUT2D eigenvalue weighted by Gasteiger charge is 2.24. The van der Waals surface area contributed by atoms with Gasteiger partial charge in [-0.15, -0.1) is 0 Å². The third-order valence-corrected chi connectivity index (χ3v) is 6.57. The summed E-state index contributed by atoms with van der Waals surface area (Å²) in [6, 6.07) is 16.9. The van der Waals surface area contributed by atoms with Gasteiger partial charge >= 0.3 is 0 Å². The van der Waals surface area contributed by atoms with E-state index in [1.807, 2.05) is 61.1 Å². The molecule has 0 radical (unpaired) electrons. The van der Waals surface area contributed by atoms with Gasteiger partial charge in [0, 0.05) is 49.4 Å². The van der Waals surface area contributed by atoms with Crippen LogP contribution in [0.2, 0.25) is 5.02 Å². The highest BCUT2D eigenvalue weighted by molar-refractivity contribution is 6.30. The Morgan fingerprint density at radius 3 is 2.52 bits per heavy atom. The Labute approximate surface area is 195 Å². The molecule has 0 saturated carbocycles. The second-order valence-electron chi connectivity index (χ2n) is 8.35. The number of aromatic amines is 1. The maximum absolute atomic E-state index is 13.2. The molecular formula is C25H24ClN5O2. The van der Waals surface area contributed by atoms with E-state index < -0.39 is 0 Å². The Bertz CT molecular complexity index is 1430. The van der Waals surface area contributed by atoms with Crippen LogP contribution < -0.4 is 11.1 Å². The number of nitrogens with zero attached hydrogens (tertiary/aromatic N) is 4. The second-order valence-corrected chi connectivity index (χ2v) is 8.78. The van der Waals surface area contributed by atoms with E-state index in [4.69, 9.17) is 16.6 Å². The van der Waals surface area contributed by atoms with Gasteiger partial charge in [0.25, 0.3) is 11.1 Å². The summed E-state index contributed by atoms with van der Waals surface area (Å²) < 4.78 is 3.58. The highest BCUT2D eigenvalue weighted by Crippen LogP contribution is 2.22. The summed E-state index contributed by atoms with van der Waals surface area (Å²) in [7, 11) is 1.89. The fourth-order valence-corrected chi connectivity index (χ4v) is 4.52. The normalized spacial score (nSPS) is 13.8. The number of hydrogen-bond donors (Lipinski definition) is 1. The zero-order chi connectivity index (χ0) is 23.1. The summed E-state index contributed by atoms with van der Waals surface area (Å²) in [5.74, 6) is 0.550. The van der Waals surface area contributed by atoms with Crippen molar-refractivity contribution in [2.24, 2.45) is 7.05 Å². The molecule has 1 N–H and O–H groups in total. The van der Waals surface area contributed by atoms with Gasteiger partial charge < -0.3 is 4.98 Å². The van der Waals surface area contributed by atoms with Crippen molar-refractivity contribution >= 4 is 11.6 Å². The van der Waals surface area contributed by atoms with Gasteiger partial charge in [0.2, 0.25) is 0 Å². The molecule has 0 bridgehead atoms. The number of nitrogens with one attached hydrogen (secondary N) is 1. The molecule has 0 saturated heterocycles. The molecule has 4 aromatic rings. The summed E-state index contributed by atoms with van der Waals surface area (Å²) >= 11 is 5.97. The number of halogens is 1. The Morgan fingerprint density at radius 1 is 1.06 bits per heavy atom. The van der Waals surface area contributed by atoms with Crippen molar-refractivity contribution < 1.29 is 0 Å². The van der Waals surface area contributed by atoms with Crippen LogP contribution in [0.1, 0.15) is 22.5 Å². The molecule has 33 heavy (non-hydrogen) atoms. The van der Waals surface area contributed by atoms with E-state index in [2.05, 4.69) is 9.88 Å². The van der Waals surface area contributed by atoms with Crippen LogP contribution in [0.15, 0.2) is 64.2 Å². The molecule has 0 aliphatic carbocycles. The van der Waals surface area contributed by atoms with Crippen molar-refractivity contribution in [2.45, 2.75) is 26.4 Å². The van der Waals surface area contributed by atoms with Crippen LogP contribution in [0, 0.1) is 6.92 Å². The molecule has 0 atom stereocenters. The number of hydrogen-bond acceptors (Lipinski definition) is 4. The molecule has 1 aliphatic heterocycles. The molecule has 1 aliphatic rings. The van der Waals surface area contributed by atoms with Crippen LogP contribution in [0.4, 0.5) is 0 Å². The van der Waals surface area contributed by atoms with Crippen LogP contribution in [0.3, 0.4) is 0 Å². The lowest BCUT2D eigenvalue weighted by atomic mass is 10.1. The zero-order valence-corrected chi connectivity index (χ0v) is 19.3. The summed E-state index contributed by atoms with van der Waals surface area (Å²) in [4.78, 5) is 35.9. The Morgan fingerprint density at radius 2 is 1.79 bits per heavy atom. The van der Waals surface area contributed by atoms with Crippen molar-refractivity contribution in [1.29, 1.82) is 0 Å². The van der Waals surface area contributed by atoms with E-state index in [-0.39, 0.29) is 11.1 Å². The third kappa shape index (κ3) is 3.94. The topological polar surface area (TPSA) is 75.9 Å². The first-order valence-corrected chi connectivity index (χ1v) is 11.2. The van der Waals surface area contributed by atoms with Gasteiger partial charge in [0.15, 0.2) is 0 Å². The first-order valence-electron chi connectivity index (χ1n) is 10.9. The van der Waals surface area contributed by atoms with Crippen LogP contribution >= 0.6 is 11.6 Å². The van der Waals surface area contributed by atoms with Crippen LogP contribution in [0.25, 0.3) is 17.1 Å². The molecule has 5 rings (SSSR count). The first-order chi connectivity index (χ1) is 15.9. The molecule has 0 amide bonds. The fraction of sp³-hybridized carbons (Fsp3) is 0.240. The molecule has 0 unspecified atom stereocenters. The van der Waals surface area contributed by atoms with Crippen molar-refractivity contribution in [3.63, 3.8) is 0 Å². The van der Waals surface area contributed by atoms with Gasteiger partial charge in [-0.05, 0) is 43.3 Å². The fourth-order valence-electron chi connectivity index (χ4n) is 4.39. The molecule has 7 nitrogen and oxygen atoms in total. The van der Waals surface area contributed by atoms with E-state index >= 15 is 0 Å². The van der Waals surface area contributed by atoms with Crippen molar-refractivity contribution in [1.82, 2.24) is 24.2 Å². The van der Waals surface area contributed by atoms with Crippen molar-refractivity contribution in [3.8, 4) is 17.1 Å². The Hall–Kier alpha value is -3.42. The highest BCUT2D eigenvalue weighted by atomic mass is 35.5. The van der Waals surface area contributed by atoms with E-state index in [0.29, 0.717) is 35.9 Å². The molecule has 2 aromatic carbocycles. The Balaban J connectivity index is 1.42. The van der Waals surface area contributed by atoms with Crippen molar-refractivity contribution in [3.05, 3.63) is 103 Å². The summed E-state index contributed by atoms with van der Waals surface area (Å²) in [6.07, 6.45) is 0.651. The minimum Gasteiger partial charge on any atom is -0.306 e. The molecule has 3 heterocycles. The van der Waals surface area contributed by atoms with E-state index in [0.717, 1.165) is 34.7 Å². The number of para-hydroxylation sites is 1. The summed E-state index contributed by atoms with van der Waals surface area (Å²) in [5, 5.41) is 0.636. The van der Waals surface area contributed by atoms with E-state index in [1.54, 1.807) is 16.8 Å². The van der Waals surface area contributed by atoms with Gasteiger partial charge in [-0.1, -0.05) is 29.8 Å². The standard InChI is InChI=1S/C25H24ClN5O2/c1-16-20(25(33)31(29(16)2)19-6-4-3-5-7-19)14-30-13-12-22-21(15-30)24(32)28-23(27-22)17-8-10-18(26)11-9-17/h3-11H,12-15H2,1-2H3,(H,27,28,32). The number of rotatable bonds is 4. The molecule has 8 heteroatoms. The Kier molecular flexibility index (Phi) is 5.52. The van der Waals surface area contributed by atoms with Gasteiger partial charge in [-0.25, -0.2) is 9.67 Å². The lowest BCUT2D eigenvalue weighted by Gasteiger charge is -2.27. The molecular weight excluding hydrogens is 438 g/mol. The molecule has 0 fully saturated rings. The van der Waals surface area contributed by atoms with Crippen LogP contribution in [0.5, 0.6) is 0 Å². The quantitative estimate of drug-likeness (QED) is 0.505. The number of benzene rings is 2. The number of aromatic nitrogens is 4. The second kappa shape index (κ2) is 8.50. The van der Waals surface area contributed by atoms with Gasteiger partial charge in [0.05, 0.1) is 22.5 Å². The predicted octanol–water partition coefficient (Wildman–Crippen LogP) is 3.45. The van der Waals surface area contributed by atoms with E-state index in [1.165, 1.54) is 0 Å². The zero-order valence-electron chi connectivity index (χ0n) is 18.5. The lowest BCUT2D eigenvalue weighted by molar-refractivity contribution is 0.240. The minimum absolute atomic E-state index is 0.0304. The van der Waals surface area contributed by atoms with Gasteiger partial charge in [-0.3, -0.25) is 19.2 Å². The summed E-state index contributed by atoms with van der Waals surface area (Å²) in [6.45, 7) is 3.62. The smallest absolute Gasteiger partial charge is 0.276 e. The monoisotopic (exact) mass is 461 g/mol. The summed E-state index contributed by atoms with van der Waals surface area (Å²) in [5.41, 5.74) is 4.62. The number of H-pyrrole nitrogens is 1. The largest absolute Gasteiger partial charge is 0.306 e. The average Bonchev–Trinajstić information content (AvgIpc) is 3.03. The maximum Gasteiger partial charge on any atom is 0.276 e. The van der Waals surface area contributed by atoms with Crippen LogP contribution in [-0.2, 0) is 26.6 Å². The molecule has 2 aromatic heterocycles. The molecule has 168 valence electrons. The minimum atomic E-state index is -0.138. The lowest BCUT2D eigenvalue weighted by Crippen LogP contribution is -2.36. The van der Waals surface area contributed by atoms with Gasteiger partial charge in [0.1, 0.15) is 5.82 Å². The predicted molar refractivity (Wildman–Crippen MR) is 129 cm³/mol.